The number of phenolic OH excluding ortho intramolecular Hbond substituents is 1. The highest BCUT2D eigenvalue weighted by molar-refractivity contribution is 7.89. The van der Waals surface area contributed by atoms with Gasteiger partial charge in [-0.05, 0) is 39.7 Å². The van der Waals surface area contributed by atoms with E-state index in [2.05, 4.69) is 9.93 Å². The average Bonchev–Trinajstić information content (AvgIpc) is 2.69. The number of fused-ring (bicyclic) bond motifs is 2. The number of hydrazone groups is 1. The van der Waals surface area contributed by atoms with Gasteiger partial charge in [0.1, 0.15) is 5.75 Å². The van der Waals surface area contributed by atoms with Gasteiger partial charge in [-0.2, -0.15) is 13.5 Å². The Morgan fingerprint density at radius 3 is 2.30 bits per heavy atom. The van der Waals surface area contributed by atoms with Crippen molar-refractivity contribution in [2.75, 3.05) is 0 Å². The fourth-order valence-electron chi connectivity index (χ4n) is 2.97. The highest BCUT2D eigenvalue weighted by Gasteiger charge is 2.13. The van der Waals surface area contributed by atoms with Crippen LogP contribution < -0.4 is 4.83 Å². The molecule has 4 aromatic carbocycles. The van der Waals surface area contributed by atoms with Crippen molar-refractivity contribution >= 4 is 37.8 Å². The van der Waals surface area contributed by atoms with Gasteiger partial charge in [0.2, 0.25) is 0 Å². The smallest absolute Gasteiger partial charge is 0.276 e. The van der Waals surface area contributed by atoms with Crippen LogP contribution in [0.25, 0.3) is 21.5 Å². The van der Waals surface area contributed by atoms with Gasteiger partial charge >= 0.3 is 0 Å². The third-order valence-electron chi connectivity index (χ3n) is 4.35. The van der Waals surface area contributed by atoms with Gasteiger partial charge in [-0.3, -0.25) is 0 Å². The minimum Gasteiger partial charge on any atom is -0.507 e. The Morgan fingerprint density at radius 2 is 1.48 bits per heavy atom. The van der Waals surface area contributed by atoms with Crippen LogP contribution >= 0.6 is 0 Å². The Morgan fingerprint density at radius 1 is 0.815 bits per heavy atom. The van der Waals surface area contributed by atoms with E-state index in [9.17, 15) is 13.5 Å². The van der Waals surface area contributed by atoms with Gasteiger partial charge < -0.3 is 5.11 Å². The van der Waals surface area contributed by atoms with Crippen molar-refractivity contribution in [1.82, 2.24) is 4.83 Å². The first kappa shape index (κ1) is 17.1. The molecule has 0 aromatic heterocycles. The molecule has 0 fully saturated rings. The second kappa shape index (κ2) is 6.74. The molecule has 27 heavy (non-hydrogen) atoms. The van der Waals surface area contributed by atoms with Crippen LogP contribution in [0.3, 0.4) is 0 Å². The van der Waals surface area contributed by atoms with E-state index < -0.39 is 10.0 Å². The number of nitrogens with zero attached hydrogens (tertiary/aromatic N) is 1. The van der Waals surface area contributed by atoms with Crippen LogP contribution in [0.2, 0.25) is 0 Å². The predicted octanol–water partition coefficient (Wildman–Crippen LogP) is 4.01. The molecule has 0 spiro atoms. The minimum absolute atomic E-state index is 0.0300. The predicted molar refractivity (Wildman–Crippen MR) is 107 cm³/mol. The lowest BCUT2D eigenvalue weighted by Crippen LogP contribution is -2.18. The molecule has 0 aliphatic rings. The zero-order valence-electron chi connectivity index (χ0n) is 14.2. The molecule has 0 heterocycles. The molecule has 0 atom stereocenters. The first-order valence-corrected chi connectivity index (χ1v) is 9.77. The van der Waals surface area contributed by atoms with Crippen LogP contribution in [0.15, 0.2) is 88.9 Å². The SMILES string of the molecule is O=S(=O)(N/N=C/c1c(O)ccc2ccccc12)c1ccc2ccccc2c1. The summed E-state index contributed by atoms with van der Waals surface area (Å²) >= 11 is 0. The van der Waals surface area contributed by atoms with E-state index in [1.54, 1.807) is 24.3 Å². The molecule has 5 nitrogen and oxygen atoms in total. The number of hydrogen-bond donors (Lipinski definition) is 2. The van der Waals surface area contributed by atoms with Crippen molar-refractivity contribution in [3.63, 3.8) is 0 Å². The van der Waals surface area contributed by atoms with Gasteiger partial charge in [0.15, 0.2) is 0 Å². The maximum atomic E-state index is 12.5. The molecule has 0 saturated heterocycles. The largest absolute Gasteiger partial charge is 0.507 e. The third kappa shape index (κ3) is 3.35. The number of benzene rings is 4. The highest BCUT2D eigenvalue weighted by Crippen LogP contribution is 2.25. The van der Waals surface area contributed by atoms with Gasteiger partial charge in [0.05, 0.1) is 11.1 Å². The summed E-state index contributed by atoms with van der Waals surface area (Å²) in [5, 5.41) is 17.5. The molecule has 2 N–H and O–H groups in total. The van der Waals surface area contributed by atoms with Crippen molar-refractivity contribution in [2.24, 2.45) is 5.10 Å². The third-order valence-corrected chi connectivity index (χ3v) is 5.57. The molecular weight excluding hydrogens is 360 g/mol. The molecular formula is C21H16N2O3S. The Hall–Kier alpha value is -3.38. The van der Waals surface area contributed by atoms with Crippen LogP contribution in [0.4, 0.5) is 0 Å². The van der Waals surface area contributed by atoms with E-state index in [0.29, 0.717) is 5.56 Å². The second-order valence-electron chi connectivity index (χ2n) is 6.08. The Balaban J connectivity index is 1.65. The Labute approximate surface area is 156 Å². The maximum Gasteiger partial charge on any atom is 0.276 e. The number of sulfonamides is 1. The van der Waals surface area contributed by atoms with Gasteiger partial charge in [-0.25, -0.2) is 4.83 Å². The van der Waals surface area contributed by atoms with Crippen LogP contribution in [0.1, 0.15) is 5.56 Å². The molecule has 0 radical (unpaired) electrons. The summed E-state index contributed by atoms with van der Waals surface area (Å²) in [4.78, 5) is 2.34. The summed E-state index contributed by atoms with van der Waals surface area (Å²) in [6.07, 6.45) is 1.32. The van der Waals surface area contributed by atoms with Gasteiger partial charge in [0.25, 0.3) is 10.0 Å². The second-order valence-corrected chi connectivity index (χ2v) is 7.74. The molecule has 0 aliphatic carbocycles. The number of rotatable bonds is 4. The van der Waals surface area contributed by atoms with Gasteiger partial charge in [-0.15, -0.1) is 0 Å². The van der Waals surface area contributed by atoms with Crippen LogP contribution in [0, 0.1) is 0 Å². The average molecular weight is 376 g/mol. The lowest BCUT2D eigenvalue weighted by Gasteiger charge is -2.06. The van der Waals surface area contributed by atoms with Crippen LogP contribution in [-0.4, -0.2) is 19.7 Å². The minimum atomic E-state index is -3.82. The van der Waals surface area contributed by atoms with Crippen LogP contribution in [-0.2, 0) is 10.0 Å². The van der Waals surface area contributed by atoms with E-state index in [1.165, 1.54) is 12.3 Å². The number of aromatic hydroxyl groups is 1. The lowest BCUT2D eigenvalue weighted by atomic mass is 10.0. The van der Waals surface area contributed by atoms with Crippen molar-refractivity contribution in [3.05, 3.63) is 84.4 Å². The number of phenols is 1. The van der Waals surface area contributed by atoms with Crippen molar-refractivity contribution in [2.45, 2.75) is 4.90 Å². The molecule has 4 rings (SSSR count). The Kier molecular flexibility index (Phi) is 4.25. The summed E-state index contributed by atoms with van der Waals surface area (Å²) in [7, 11) is -3.82. The standard InChI is InChI=1S/C21H16N2O3S/c24-21-12-10-16-6-3-4-8-19(16)20(21)14-22-23-27(25,26)18-11-9-15-5-1-2-7-17(15)13-18/h1-14,23-24H/b22-14+. The van der Waals surface area contributed by atoms with Gasteiger partial charge in [0, 0.05) is 5.56 Å². The lowest BCUT2D eigenvalue weighted by molar-refractivity contribution is 0.475. The zero-order chi connectivity index (χ0) is 18.9. The van der Waals surface area contributed by atoms with E-state index in [-0.39, 0.29) is 10.6 Å². The molecule has 0 unspecified atom stereocenters. The van der Waals surface area contributed by atoms with E-state index in [1.807, 2.05) is 48.5 Å². The van der Waals surface area contributed by atoms with Crippen molar-refractivity contribution < 1.29 is 13.5 Å². The summed E-state index contributed by atoms with van der Waals surface area (Å²) in [5.74, 6) is 0.0300. The first-order chi connectivity index (χ1) is 13.0. The fourth-order valence-corrected chi connectivity index (χ4v) is 3.79. The number of hydrogen-bond acceptors (Lipinski definition) is 4. The molecule has 0 aliphatic heterocycles. The van der Waals surface area contributed by atoms with E-state index in [4.69, 9.17) is 0 Å². The first-order valence-electron chi connectivity index (χ1n) is 8.29. The normalized spacial score (nSPS) is 12.0. The van der Waals surface area contributed by atoms with Crippen LogP contribution in [0.5, 0.6) is 5.75 Å². The fraction of sp³-hybridized carbons (Fsp3) is 0. The highest BCUT2D eigenvalue weighted by atomic mass is 32.2. The molecule has 0 bridgehead atoms. The summed E-state index contributed by atoms with van der Waals surface area (Å²) in [5.41, 5.74) is 0.453. The quantitative estimate of drug-likeness (QED) is 0.417. The van der Waals surface area contributed by atoms with E-state index >= 15 is 0 Å². The van der Waals surface area contributed by atoms with Crippen molar-refractivity contribution in [3.8, 4) is 5.75 Å². The molecule has 0 saturated carbocycles. The molecule has 0 amide bonds. The van der Waals surface area contributed by atoms with Gasteiger partial charge in [-0.1, -0.05) is 60.7 Å². The summed E-state index contributed by atoms with van der Waals surface area (Å²) in [6.45, 7) is 0. The summed E-state index contributed by atoms with van der Waals surface area (Å²) < 4.78 is 25.1. The van der Waals surface area contributed by atoms with Crippen molar-refractivity contribution in [1.29, 1.82) is 0 Å². The topological polar surface area (TPSA) is 78.8 Å². The molecule has 6 heteroatoms. The monoisotopic (exact) mass is 376 g/mol. The number of nitrogens with one attached hydrogen (secondary N) is 1. The Bertz CT molecular complexity index is 1280. The molecule has 134 valence electrons. The molecule has 4 aromatic rings. The van der Waals surface area contributed by atoms with E-state index in [0.717, 1.165) is 21.5 Å². The maximum absolute atomic E-state index is 12.5. The summed E-state index contributed by atoms with van der Waals surface area (Å²) in [6, 6.07) is 23.3. The zero-order valence-corrected chi connectivity index (χ0v) is 15.0.